The number of hydrogen-bond donors (Lipinski definition) is 0. The Morgan fingerprint density at radius 2 is 1.36 bits per heavy atom. The molecule has 1 aliphatic carbocycles. The Balaban J connectivity index is 1.92. The standard InChI is InChI=1S/C22H16/c1-2-7-17-12-20-14-22-18(13-19(20)11-16(17)6-1)10-9-15-5-3-4-8-21(15)22/h1-2,4,6-14H,3,5H2. The van der Waals surface area contributed by atoms with Crippen molar-refractivity contribution in [2.75, 3.05) is 0 Å². The molecule has 0 spiro atoms. The number of hydrogen-bond acceptors (Lipinski definition) is 0. The van der Waals surface area contributed by atoms with Crippen LogP contribution in [0.25, 0.3) is 38.4 Å². The Hall–Kier alpha value is -2.60. The number of allylic oxidation sites excluding steroid dienone is 1. The third kappa shape index (κ3) is 1.70. The summed E-state index contributed by atoms with van der Waals surface area (Å²) in [6, 6.07) is 22.5. The van der Waals surface area contributed by atoms with Crippen LogP contribution in [0.3, 0.4) is 0 Å². The van der Waals surface area contributed by atoms with E-state index >= 15 is 0 Å². The van der Waals surface area contributed by atoms with Crippen LogP contribution in [0.4, 0.5) is 0 Å². The maximum atomic E-state index is 2.37. The predicted molar refractivity (Wildman–Crippen MR) is 96.3 cm³/mol. The van der Waals surface area contributed by atoms with Gasteiger partial charge < -0.3 is 0 Å². The summed E-state index contributed by atoms with van der Waals surface area (Å²) < 4.78 is 0. The number of rotatable bonds is 0. The minimum absolute atomic E-state index is 1.16. The van der Waals surface area contributed by atoms with Crippen LogP contribution in [0.15, 0.2) is 66.7 Å². The van der Waals surface area contributed by atoms with E-state index in [-0.39, 0.29) is 0 Å². The normalized spacial score (nSPS) is 13.8. The zero-order valence-electron chi connectivity index (χ0n) is 12.3. The zero-order chi connectivity index (χ0) is 14.5. The van der Waals surface area contributed by atoms with E-state index in [4.69, 9.17) is 0 Å². The fourth-order valence-electron chi connectivity index (χ4n) is 3.69. The average molecular weight is 280 g/mol. The van der Waals surface area contributed by atoms with Crippen LogP contribution in [-0.2, 0) is 6.42 Å². The van der Waals surface area contributed by atoms with Gasteiger partial charge in [-0.1, -0.05) is 48.6 Å². The summed E-state index contributed by atoms with van der Waals surface area (Å²) in [5, 5.41) is 8.01. The second kappa shape index (κ2) is 4.45. The van der Waals surface area contributed by atoms with Gasteiger partial charge in [0.15, 0.2) is 0 Å². The van der Waals surface area contributed by atoms with Gasteiger partial charge in [-0.2, -0.15) is 0 Å². The number of benzene rings is 4. The molecule has 0 radical (unpaired) electrons. The molecule has 0 N–H and O–H groups in total. The topological polar surface area (TPSA) is 0 Å². The molecule has 5 rings (SSSR count). The van der Waals surface area contributed by atoms with Crippen molar-refractivity contribution in [3.8, 4) is 0 Å². The molecule has 4 aromatic rings. The van der Waals surface area contributed by atoms with Gasteiger partial charge in [-0.05, 0) is 80.6 Å². The molecule has 0 heteroatoms. The van der Waals surface area contributed by atoms with Crippen molar-refractivity contribution in [3.05, 3.63) is 77.9 Å². The first-order valence-corrected chi connectivity index (χ1v) is 7.93. The summed E-state index contributed by atoms with van der Waals surface area (Å²) in [6.45, 7) is 0. The highest BCUT2D eigenvalue weighted by molar-refractivity contribution is 6.06. The highest BCUT2D eigenvalue weighted by Gasteiger charge is 2.09. The third-order valence-electron chi connectivity index (χ3n) is 4.84. The molecule has 0 bridgehead atoms. The van der Waals surface area contributed by atoms with Crippen LogP contribution in [0.5, 0.6) is 0 Å². The minimum atomic E-state index is 1.16. The van der Waals surface area contributed by atoms with Gasteiger partial charge in [0.2, 0.25) is 0 Å². The average Bonchev–Trinajstić information content (AvgIpc) is 2.58. The molecule has 0 atom stereocenters. The molecule has 0 aromatic heterocycles. The van der Waals surface area contributed by atoms with Gasteiger partial charge in [-0.15, -0.1) is 0 Å². The molecule has 22 heavy (non-hydrogen) atoms. The molecule has 0 unspecified atom stereocenters. The molecule has 0 amide bonds. The summed E-state index contributed by atoms with van der Waals surface area (Å²) in [7, 11) is 0. The van der Waals surface area contributed by atoms with Crippen molar-refractivity contribution >= 4 is 38.4 Å². The molecule has 0 nitrogen and oxygen atoms in total. The first-order valence-electron chi connectivity index (χ1n) is 7.93. The lowest BCUT2D eigenvalue weighted by Crippen LogP contribution is -1.94. The maximum Gasteiger partial charge on any atom is -0.0102 e. The quantitative estimate of drug-likeness (QED) is 0.341. The van der Waals surface area contributed by atoms with Gasteiger partial charge >= 0.3 is 0 Å². The van der Waals surface area contributed by atoms with Gasteiger partial charge in [0, 0.05) is 0 Å². The van der Waals surface area contributed by atoms with Crippen molar-refractivity contribution in [2.45, 2.75) is 12.8 Å². The molecular formula is C22H16. The third-order valence-corrected chi connectivity index (χ3v) is 4.84. The first kappa shape index (κ1) is 12.0. The van der Waals surface area contributed by atoms with Gasteiger partial charge in [0.25, 0.3) is 0 Å². The van der Waals surface area contributed by atoms with E-state index in [1.807, 2.05) is 0 Å². The Labute approximate surface area is 129 Å². The summed E-state index contributed by atoms with van der Waals surface area (Å²) in [5.74, 6) is 0. The first-order chi connectivity index (χ1) is 10.9. The maximum absolute atomic E-state index is 2.37. The van der Waals surface area contributed by atoms with E-state index in [1.54, 1.807) is 0 Å². The van der Waals surface area contributed by atoms with Crippen molar-refractivity contribution < 1.29 is 0 Å². The van der Waals surface area contributed by atoms with Crippen molar-refractivity contribution in [2.24, 2.45) is 0 Å². The van der Waals surface area contributed by atoms with E-state index in [0.717, 1.165) is 12.8 Å². The minimum Gasteiger partial charge on any atom is -0.0836 e. The lowest BCUT2D eigenvalue weighted by atomic mass is 9.90. The fourth-order valence-corrected chi connectivity index (χ4v) is 3.69. The largest absolute Gasteiger partial charge is 0.0836 e. The number of aryl methyl sites for hydroxylation is 1. The Kier molecular flexibility index (Phi) is 2.42. The molecule has 4 aromatic carbocycles. The van der Waals surface area contributed by atoms with Crippen LogP contribution in [-0.4, -0.2) is 0 Å². The smallest absolute Gasteiger partial charge is 0.0102 e. The highest BCUT2D eigenvalue weighted by Crippen LogP contribution is 2.32. The highest BCUT2D eigenvalue weighted by atomic mass is 14.1. The lowest BCUT2D eigenvalue weighted by molar-refractivity contribution is 0.990. The molecular weight excluding hydrogens is 264 g/mol. The SMILES string of the molecule is C1=Cc2c(ccc3cc4cc5ccccc5cc4cc23)CC1. The van der Waals surface area contributed by atoms with E-state index in [9.17, 15) is 0 Å². The summed E-state index contributed by atoms with van der Waals surface area (Å²) in [6.07, 6.45) is 6.93. The van der Waals surface area contributed by atoms with Crippen molar-refractivity contribution in [3.63, 3.8) is 0 Å². The van der Waals surface area contributed by atoms with Crippen LogP contribution < -0.4 is 0 Å². The molecule has 0 fully saturated rings. The Morgan fingerprint density at radius 1 is 0.636 bits per heavy atom. The Morgan fingerprint density at radius 3 is 2.18 bits per heavy atom. The molecule has 104 valence electrons. The van der Waals surface area contributed by atoms with Gasteiger partial charge in [-0.25, -0.2) is 0 Å². The van der Waals surface area contributed by atoms with Crippen molar-refractivity contribution in [1.82, 2.24) is 0 Å². The zero-order valence-corrected chi connectivity index (χ0v) is 12.3. The van der Waals surface area contributed by atoms with Crippen molar-refractivity contribution in [1.29, 1.82) is 0 Å². The molecule has 0 heterocycles. The van der Waals surface area contributed by atoms with Crippen LogP contribution >= 0.6 is 0 Å². The fraction of sp³-hybridized carbons (Fsp3) is 0.0909. The predicted octanol–water partition coefficient (Wildman–Crippen LogP) is 6.11. The summed E-state index contributed by atoms with van der Waals surface area (Å²) in [5.41, 5.74) is 2.90. The number of fused-ring (bicyclic) bond motifs is 5. The van der Waals surface area contributed by atoms with E-state index in [1.165, 1.54) is 43.4 Å². The van der Waals surface area contributed by atoms with Gasteiger partial charge in [0.05, 0.1) is 0 Å². The van der Waals surface area contributed by atoms with Crippen LogP contribution in [0, 0.1) is 0 Å². The summed E-state index contributed by atoms with van der Waals surface area (Å²) >= 11 is 0. The second-order valence-electron chi connectivity index (χ2n) is 6.20. The molecule has 1 aliphatic rings. The van der Waals surface area contributed by atoms with Gasteiger partial charge in [-0.3, -0.25) is 0 Å². The molecule has 0 aliphatic heterocycles. The monoisotopic (exact) mass is 280 g/mol. The summed E-state index contributed by atoms with van der Waals surface area (Å²) in [4.78, 5) is 0. The van der Waals surface area contributed by atoms with E-state index < -0.39 is 0 Å². The van der Waals surface area contributed by atoms with Gasteiger partial charge in [0.1, 0.15) is 0 Å². The van der Waals surface area contributed by atoms with E-state index in [0.29, 0.717) is 0 Å². The van der Waals surface area contributed by atoms with Crippen LogP contribution in [0.1, 0.15) is 17.5 Å². The molecule has 0 saturated carbocycles. The van der Waals surface area contributed by atoms with Crippen LogP contribution in [0.2, 0.25) is 0 Å². The Bertz CT molecular complexity index is 1070. The van der Waals surface area contributed by atoms with E-state index in [2.05, 4.69) is 72.8 Å². The molecule has 0 saturated heterocycles. The lowest BCUT2D eigenvalue weighted by Gasteiger charge is -2.14. The second-order valence-corrected chi connectivity index (χ2v) is 6.20.